The first-order valence-corrected chi connectivity index (χ1v) is 9.07. The zero-order valence-electron chi connectivity index (χ0n) is 15.4. The predicted molar refractivity (Wildman–Crippen MR) is 98.8 cm³/mol. The minimum atomic E-state index is -0.115. The number of amides is 1. The zero-order valence-corrected chi connectivity index (χ0v) is 15.4. The molecule has 26 heavy (non-hydrogen) atoms. The Morgan fingerprint density at radius 1 is 1.35 bits per heavy atom. The summed E-state index contributed by atoms with van der Waals surface area (Å²) in [5.74, 6) is 1.38. The van der Waals surface area contributed by atoms with Crippen LogP contribution in [0.2, 0.25) is 0 Å². The highest BCUT2D eigenvalue weighted by atomic mass is 16.5. The molecule has 7 nitrogen and oxygen atoms in total. The van der Waals surface area contributed by atoms with E-state index in [2.05, 4.69) is 20.8 Å². The van der Waals surface area contributed by atoms with Crippen molar-refractivity contribution in [1.29, 1.82) is 0 Å². The van der Waals surface area contributed by atoms with Crippen LogP contribution in [0.15, 0.2) is 18.2 Å². The predicted octanol–water partition coefficient (Wildman–Crippen LogP) is 1.83. The highest BCUT2D eigenvalue weighted by molar-refractivity contribution is 5.94. The van der Waals surface area contributed by atoms with Crippen LogP contribution in [-0.4, -0.2) is 42.9 Å². The van der Waals surface area contributed by atoms with Gasteiger partial charge in [0.25, 0.3) is 5.91 Å². The number of nitrogens with one attached hydrogen (secondary N) is 3. The van der Waals surface area contributed by atoms with Crippen LogP contribution in [0, 0.1) is 0 Å². The molecule has 0 spiro atoms. The van der Waals surface area contributed by atoms with E-state index in [0.717, 1.165) is 54.1 Å². The summed E-state index contributed by atoms with van der Waals surface area (Å²) in [7, 11) is 1.64. The van der Waals surface area contributed by atoms with Crippen LogP contribution in [-0.2, 0) is 19.4 Å². The van der Waals surface area contributed by atoms with E-state index in [-0.39, 0.29) is 5.91 Å². The second kappa shape index (κ2) is 8.71. The molecule has 7 heteroatoms. The minimum absolute atomic E-state index is 0.115. The van der Waals surface area contributed by atoms with Gasteiger partial charge in [0, 0.05) is 37.3 Å². The number of aromatic amines is 1. The highest BCUT2D eigenvalue weighted by Gasteiger charge is 2.21. The number of carbonyl (C=O) groups is 1. The lowest BCUT2D eigenvalue weighted by Crippen LogP contribution is -2.29. The third kappa shape index (κ3) is 4.16. The fourth-order valence-corrected chi connectivity index (χ4v) is 3.14. The van der Waals surface area contributed by atoms with Crippen LogP contribution in [0.4, 0.5) is 0 Å². The molecule has 0 fully saturated rings. The third-order valence-electron chi connectivity index (χ3n) is 4.48. The number of aromatic nitrogens is 2. The number of hydrogen-bond donors (Lipinski definition) is 3. The van der Waals surface area contributed by atoms with Crippen LogP contribution in [0.3, 0.4) is 0 Å². The zero-order chi connectivity index (χ0) is 18.4. The van der Waals surface area contributed by atoms with E-state index < -0.39 is 0 Å². The van der Waals surface area contributed by atoms with E-state index in [0.29, 0.717) is 25.4 Å². The summed E-state index contributed by atoms with van der Waals surface area (Å²) in [6.45, 7) is 4.76. The number of ether oxygens (including phenoxy) is 2. The summed E-state index contributed by atoms with van der Waals surface area (Å²) < 4.78 is 10.9. The van der Waals surface area contributed by atoms with Gasteiger partial charge in [0.1, 0.15) is 0 Å². The Hall–Kier alpha value is -2.54. The Labute approximate surface area is 153 Å². The summed E-state index contributed by atoms with van der Waals surface area (Å²) >= 11 is 0. The molecule has 1 aromatic carbocycles. The number of H-pyrrole nitrogens is 1. The molecule has 0 bridgehead atoms. The monoisotopic (exact) mass is 358 g/mol. The molecule has 140 valence electrons. The van der Waals surface area contributed by atoms with Gasteiger partial charge in [-0.2, -0.15) is 5.10 Å². The molecule has 0 aliphatic carbocycles. The fraction of sp³-hybridized carbons (Fsp3) is 0.474. The molecule has 1 aliphatic rings. The topological polar surface area (TPSA) is 88.3 Å². The van der Waals surface area contributed by atoms with Gasteiger partial charge in [-0.05, 0) is 37.5 Å². The van der Waals surface area contributed by atoms with Crippen molar-refractivity contribution in [2.75, 3.05) is 26.8 Å². The maximum Gasteiger partial charge on any atom is 0.272 e. The van der Waals surface area contributed by atoms with Gasteiger partial charge in [-0.15, -0.1) is 0 Å². The Kier molecular flexibility index (Phi) is 6.12. The summed E-state index contributed by atoms with van der Waals surface area (Å²) in [5.41, 5.74) is 3.72. The van der Waals surface area contributed by atoms with Crippen LogP contribution >= 0.6 is 0 Å². The molecule has 3 rings (SSSR count). The van der Waals surface area contributed by atoms with Gasteiger partial charge in [0.15, 0.2) is 17.2 Å². The molecular weight excluding hydrogens is 332 g/mol. The largest absolute Gasteiger partial charge is 0.493 e. The van der Waals surface area contributed by atoms with Gasteiger partial charge in [-0.25, -0.2) is 0 Å². The molecule has 0 radical (unpaired) electrons. The number of fused-ring (bicyclic) bond motifs is 1. The Bertz CT molecular complexity index is 757. The minimum Gasteiger partial charge on any atom is -0.493 e. The lowest BCUT2D eigenvalue weighted by Gasteiger charge is -2.13. The van der Waals surface area contributed by atoms with Crippen molar-refractivity contribution in [3.8, 4) is 11.5 Å². The first-order valence-electron chi connectivity index (χ1n) is 9.07. The van der Waals surface area contributed by atoms with Crippen molar-refractivity contribution in [2.24, 2.45) is 0 Å². The van der Waals surface area contributed by atoms with E-state index in [1.807, 2.05) is 25.1 Å². The summed E-state index contributed by atoms with van der Waals surface area (Å²) in [5, 5.41) is 13.4. The number of nitrogens with zero attached hydrogens (tertiary/aromatic N) is 1. The van der Waals surface area contributed by atoms with Gasteiger partial charge in [-0.3, -0.25) is 9.89 Å². The van der Waals surface area contributed by atoms with Gasteiger partial charge in [0.05, 0.1) is 13.7 Å². The van der Waals surface area contributed by atoms with Crippen LogP contribution in [0.5, 0.6) is 11.5 Å². The van der Waals surface area contributed by atoms with Gasteiger partial charge in [0.2, 0.25) is 0 Å². The fourth-order valence-electron chi connectivity index (χ4n) is 3.14. The van der Waals surface area contributed by atoms with Crippen molar-refractivity contribution < 1.29 is 14.3 Å². The maximum atomic E-state index is 12.4. The third-order valence-corrected chi connectivity index (χ3v) is 4.48. The lowest BCUT2D eigenvalue weighted by molar-refractivity contribution is 0.0947. The molecule has 1 aliphatic heterocycles. The number of hydrogen-bond acceptors (Lipinski definition) is 5. The summed E-state index contributed by atoms with van der Waals surface area (Å²) in [6.07, 6.45) is 2.58. The number of rotatable bonds is 8. The molecule has 0 saturated heterocycles. The van der Waals surface area contributed by atoms with Gasteiger partial charge < -0.3 is 20.1 Å². The van der Waals surface area contributed by atoms with Crippen molar-refractivity contribution in [2.45, 2.75) is 32.7 Å². The number of methoxy groups -OCH3 is 1. The molecule has 0 unspecified atom stereocenters. The number of benzene rings is 1. The second-order valence-electron chi connectivity index (χ2n) is 6.23. The van der Waals surface area contributed by atoms with Crippen molar-refractivity contribution in [3.63, 3.8) is 0 Å². The molecule has 2 heterocycles. The first-order chi connectivity index (χ1) is 12.7. The second-order valence-corrected chi connectivity index (χ2v) is 6.23. The molecule has 1 amide bonds. The summed E-state index contributed by atoms with van der Waals surface area (Å²) in [6, 6.07) is 5.95. The SMILES string of the molecule is CCOc1cc(CCCNC(=O)c2n[nH]c3c2CNCC3)ccc1OC. The van der Waals surface area contributed by atoms with Crippen LogP contribution < -0.4 is 20.1 Å². The Morgan fingerprint density at radius 2 is 2.23 bits per heavy atom. The molecule has 0 atom stereocenters. The number of aryl methyl sites for hydroxylation is 1. The Morgan fingerprint density at radius 3 is 3.04 bits per heavy atom. The summed E-state index contributed by atoms with van der Waals surface area (Å²) in [4.78, 5) is 12.4. The van der Waals surface area contributed by atoms with E-state index in [1.165, 1.54) is 0 Å². The van der Waals surface area contributed by atoms with Crippen molar-refractivity contribution >= 4 is 5.91 Å². The van der Waals surface area contributed by atoms with Crippen molar-refractivity contribution in [1.82, 2.24) is 20.8 Å². The maximum absolute atomic E-state index is 12.4. The van der Waals surface area contributed by atoms with Gasteiger partial charge >= 0.3 is 0 Å². The number of carbonyl (C=O) groups excluding carboxylic acids is 1. The highest BCUT2D eigenvalue weighted by Crippen LogP contribution is 2.28. The molecule has 3 N–H and O–H groups in total. The molecular formula is C19H26N4O3. The lowest BCUT2D eigenvalue weighted by atomic mass is 10.1. The average molecular weight is 358 g/mol. The first kappa shape index (κ1) is 18.3. The van der Waals surface area contributed by atoms with E-state index in [1.54, 1.807) is 7.11 Å². The van der Waals surface area contributed by atoms with E-state index in [4.69, 9.17) is 9.47 Å². The van der Waals surface area contributed by atoms with Crippen LogP contribution in [0.1, 0.15) is 40.7 Å². The quantitative estimate of drug-likeness (QED) is 0.627. The van der Waals surface area contributed by atoms with E-state index in [9.17, 15) is 4.79 Å². The standard InChI is InChI=1S/C19H26N4O3/c1-3-26-17-11-13(6-7-16(17)25-2)5-4-9-21-19(24)18-14-12-20-10-8-15(14)22-23-18/h6-7,11,20H,3-5,8-10,12H2,1-2H3,(H,21,24)(H,22,23). The van der Waals surface area contributed by atoms with Gasteiger partial charge in [-0.1, -0.05) is 6.07 Å². The average Bonchev–Trinajstić information content (AvgIpc) is 3.10. The van der Waals surface area contributed by atoms with E-state index >= 15 is 0 Å². The molecule has 0 saturated carbocycles. The molecule has 1 aromatic heterocycles. The Balaban J connectivity index is 1.50. The molecule has 2 aromatic rings. The van der Waals surface area contributed by atoms with Crippen LogP contribution in [0.25, 0.3) is 0 Å². The van der Waals surface area contributed by atoms with Crippen molar-refractivity contribution in [3.05, 3.63) is 40.7 Å². The normalized spacial score (nSPS) is 13.2. The smallest absolute Gasteiger partial charge is 0.272 e.